The third kappa shape index (κ3) is 4.36. The number of benzene rings is 2. The van der Waals surface area contributed by atoms with E-state index in [1.807, 2.05) is 54.6 Å². The second-order valence-electron chi connectivity index (χ2n) is 5.64. The summed E-state index contributed by atoms with van der Waals surface area (Å²) < 4.78 is 6.33. The monoisotopic (exact) mass is 355 g/mol. The number of aliphatic imine (C=N–C) groups is 1. The summed E-state index contributed by atoms with van der Waals surface area (Å²) >= 11 is 1.57. The maximum Gasteiger partial charge on any atom is 0.193 e. The van der Waals surface area contributed by atoms with Gasteiger partial charge in [0, 0.05) is 27.9 Å². The average molecular weight is 355 g/mol. The van der Waals surface area contributed by atoms with Crippen LogP contribution in [0.15, 0.2) is 59.6 Å². The van der Waals surface area contributed by atoms with Crippen molar-refractivity contribution in [2.24, 2.45) is 10.7 Å². The molecule has 1 unspecified atom stereocenters. The van der Waals surface area contributed by atoms with E-state index in [1.165, 1.54) is 0 Å². The Kier molecular flexibility index (Phi) is 5.65. The fourth-order valence-corrected chi connectivity index (χ4v) is 3.58. The van der Waals surface area contributed by atoms with Gasteiger partial charge >= 0.3 is 0 Å². The highest BCUT2D eigenvalue weighted by Gasteiger charge is 2.11. The van der Waals surface area contributed by atoms with Gasteiger partial charge in [0.25, 0.3) is 0 Å². The van der Waals surface area contributed by atoms with Gasteiger partial charge in [-0.25, -0.2) is 0 Å². The summed E-state index contributed by atoms with van der Waals surface area (Å²) in [5.41, 5.74) is 7.81. The first-order valence-corrected chi connectivity index (χ1v) is 8.79. The number of nitrogens with zero attached hydrogens (tertiary/aromatic N) is 1. The molecule has 25 heavy (non-hydrogen) atoms. The molecule has 0 aliphatic carbocycles. The summed E-state index contributed by atoms with van der Waals surface area (Å²) in [6, 6.07) is 17.8. The Bertz CT molecular complexity index is 843. The molecule has 3 aromatic rings. The van der Waals surface area contributed by atoms with Gasteiger partial charge in [0.05, 0.1) is 13.2 Å². The van der Waals surface area contributed by atoms with Gasteiger partial charge in [0.2, 0.25) is 0 Å². The quantitative estimate of drug-likeness (QED) is 0.467. The standard InChI is InChI=1S/C19H21N3O2S/c1-24-12-14-7-2-4-8-15(14)22-19(20)21-11-16(23)18-10-13-6-3-5-9-17(13)25-18/h2-10,16,23H,11-12H2,1H3,(H3,20,21,22). The SMILES string of the molecule is COCc1ccccc1NC(N)=NCC(O)c1cc2ccccc2s1. The van der Waals surface area contributed by atoms with Crippen molar-refractivity contribution in [3.8, 4) is 0 Å². The number of nitrogens with two attached hydrogens (primary N) is 1. The molecule has 0 amide bonds. The Balaban J connectivity index is 1.66. The van der Waals surface area contributed by atoms with Gasteiger partial charge in [-0.1, -0.05) is 36.4 Å². The number of hydrogen-bond donors (Lipinski definition) is 3. The number of hydrogen-bond acceptors (Lipinski definition) is 4. The summed E-state index contributed by atoms with van der Waals surface area (Å²) in [6.45, 7) is 0.693. The number of anilines is 1. The Morgan fingerprint density at radius 1 is 1.24 bits per heavy atom. The lowest BCUT2D eigenvalue weighted by Gasteiger charge is -2.11. The fraction of sp³-hybridized carbons (Fsp3) is 0.211. The highest BCUT2D eigenvalue weighted by Crippen LogP contribution is 2.29. The smallest absolute Gasteiger partial charge is 0.193 e. The van der Waals surface area contributed by atoms with Gasteiger partial charge < -0.3 is 20.9 Å². The molecule has 0 fully saturated rings. The molecule has 0 bridgehead atoms. The fourth-order valence-electron chi connectivity index (χ4n) is 2.54. The number of methoxy groups -OCH3 is 1. The maximum atomic E-state index is 10.4. The van der Waals surface area contributed by atoms with Crippen molar-refractivity contribution in [1.82, 2.24) is 0 Å². The van der Waals surface area contributed by atoms with E-state index >= 15 is 0 Å². The lowest BCUT2D eigenvalue weighted by Crippen LogP contribution is -2.24. The van der Waals surface area contributed by atoms with Gasteiger partial charge in [-0.15, -0.1) is 11.3 Å². The van der Waals surface area contributed by atoms with Crippen LogP contribution in [0.4, 0.5) is 5.69 Å². The number of para-hydroxylation sites is 1. The Hall–Kier alpha value is -2.41. The molecule has 0 saturated heterocycles. The second kappa shape index (κ2) is 8.11. The first kappa shape index (κ1) is 17.4. The van der Waals surface area contributed by atoms with E-state index in [2.05, 4.69) is 10.3 Å². The highest BCUT2D eigenvalue weighted by molar-refractivity contribution is 7.19. The average Bonchev–Trinajstić information content (AvgIpc) is 3.06. The van der Waals surface area contributed by atoms with Gasteiger partial charge in [-0.3, -0.25) is 4.99 Å². The Morgan fingerprint density at radius 3 is 2.80 bits per heavy atom. The zero-order chi connectivity index (χ0) is 17.6. The Labute approximate surface area is 150 Å². The summed E-state index contributed by atoms with van der Waals surface area (Å²) in [7, 11) is 1.65. The van der Waals surface area contributed by atoms with Crippen LogP contribution in [0.25, 0.3) is 10.1 Å². The van der Waals surface area contributed by atoms with Gasteiger partial charge in [-0.05, 0) is 23.6 Å². The molecule has 0 aliphatic rings. The largest absolute Gasteiger partial charge is 0.386 e. The van der Waals surface area contributed by atoms with Crippen LogP contribution in [0.1, 0.15) is 16.5 Å². The van der Waals surface area contributed by atoms with Gasteiger partial charge in [-0.2, -0.15) is 0 Å². The normalized spacial score (nSPS) is 13.1. The molecule has 1 aromatic heterocycles. The molecule has 6 heteroatoms. The number of aliphatic hydroxyl groups excluding tert-OH is 1. The number of aliphatic hydroxyl groups is 1. The van der Waals surface area contributed by atoms with E-state index in [-0.39, 0.29) is 12.5 Å². The van der Waals surface area contributed by atoms with Crippen LogP contribution in [0, 0.1) is 0 Å². The predicted molar refractivity (Wildman–Crippen MR) is 104 cm³/mol. The zero-order valence-electron chi connectivity index (χ0n) is 14.0. The second-order valence-corrected chi connectivity index (χ2v) is 6.76. The number of ether oxygens (including phenoxy) is 1. The van der Waals surface area contributed by atoms with Crippen LogP contribution in [0.5, 0.6) is 0 Å². The molecule has 0 aliphatic heterocycles. The van der Waals surface area contributed by atoms with E-state index in [1.54, 1.807) is 18.4 Å². The van der Waals surface area contributed by atoms with E-state index < -0.39 is 6.10 Å². The molecule has 4 N–H and O–H groups in total. The topological polar surface area (TPSA) is 79.9 Å². The molecule has 1 atom stereocenters. The van der Waals surface area contributed by atoms with E-state index in [0.29, 0.717) is 6.61 Å². The van der Waals surface area contributed by atoms with Crippen molar-refractivity contribution in [3.63, 3.8) is 0 Å². The number of guanidine groups is 1. The molecule has 5 nitrogen and oxygen atoms in total. The van der Waals surface area contributed by atoms with Crippen LogP contribution in [0.3, 0.4) is 0 Å². The van der Waals surface area contributed by atoms with Gasteiger partial charge in [0.15, 0.2) is 5.96 Å². The minimum absolute atomic E-state index is 0.206. The summed E-state index contributed by atoms with van der Waals surface area (Å²) in [6.07, 6.45) is -0.674. The van der Waals surface area contributed by atoms with Crippen LogP contribution in [-0.4, -0.2) is 24.7 Å². The van der Waals surface area contributed by atoms with Crippen molar-refractivity contribution < 1.29 is 9.84 Å². The molecule has 3 rings (SSSR count). The first-order chi connectivity index (χ1) is 12.2. The molecule has 130 valence electrons. The lowest BCUT2D eigenvalue weighted by molar-refractivity contribution is 0.185. The van der Waals surface area contributed by atoms with Crippen molar-refractivity contribution in [1.29, 1.82) is 0 Å². The van der Waals surface area contributed by atoms with Crippen molar-refractivity contribution >= 4 is 33.1 Å². The van der Waals surface area contributed by atoms with E-state index in [4.69, 9.17) is 10.5 Å². The number of nitrogens with one attached hydrogen (secondary N) is 1. The minimum atomic E-state index is -0.674. The van der Waals surface area contributed by atoms with E-state index in [9.17, 15) is 5.11 Å². The van der Waals surface area contributed by atoms with Crippen LogP contribution >= 0.6 is 11.3 Å². The van der Waals surface area contributed by atoms with Crippen LogP contribution in [-0.2, 0) is 11.3 Å². The van der Waals surface area contributed by atoms with E-state index in [0.717, 1.165) is 26.2 Å². The Morgan fingerprint density at radius 2 is 2.00 bits per heavy atom. The predicted octanol–water partition coefficient (Wildman–Crippen LogP) is 3.51. The summed E-state index contributed by atoms with van der Waals surface area (Å²) in [4.78, 5) is 5.15. The molecule has 0 saturated carbocycles. The third-order valence-electron chi connectivity index (χ3n) is 3.79. The first-order valence-electron chi connectivity index (χ1n) is 7.97. The van der Waals surface area contributed by atoms with Crippen molar-refractivity contribution in [3.05, 3.63) is 65.0 Å². The molecular weight excluding hydrogens is 334 g/mol. The number of rotatable bonds is 6. The van der Waals surface area contributed by atoms with Crippen molar-refractivity contribution in [2.45, 2.75) is 12.7 Å². The number of thiophene rings is 1. The lowest BCUT2D eigenvalue weighted by atomic mass is 10.2. The highest BCUT2D eigenvalue weighted by atomic mass is 32.1. The minimum Gasteiger partial charge on any atom is -0.386 e. The summed E-state index contributed by atoms with van der Waals surface area (Å²) in [5, 5.41) is 14.6. The van der Waals surface area contributed by atoms with Crippen molar-refractivity contribution in [2.75, 3.05) is 19.0 Å². The van der Waals surface area contributed by atoms with Crippen LogP contribution < -0.4 is 11.1 Å². The zero-order valence-corrected chi connectivity index (χ0v) is 14.8. The molecular formula is C19H21N3O2S. The maximum absolute atomic E-state index is 10.4. The number of fused-ring (bicyclic) bond motifs is 1. The molecule has 1 heterocycles. The summed E-state index contributed by atoms with van der Waals surface area (Å²) in [5.74, 6) is 0.267. The molecule has 0 spiro atoms. The molecule has 2 aromatic carbocycles. The van der Waals surface area contributed by atoms with Crippen LogP contribution in [0.2, 0.25) is 0 Å². The molecule has 0 radical (unpaired) electrons. The third-order valence-corrected chi connectivity index (χ3v) is 5.00. The van der Waals surface area contributed by atoms with Gasteiger partial charge in [0.1, 0.15) is 6.10 Å².